The van der Waals surface area contributed by atoms with E-state index in [2.05, 4.69) is 50.4 Å². The summed E-state index contributed by atoms with van der Waals surface area (Å²) in [6, 6.07) is 9.26. The van der Waals surface area contributed by atoms with Crippen LogP contribution in [0.3, 0.4) is 0 Å². The van der Waals surface area contributed by atoms with E-state index in [0.29, 0.717) is 12.0 Å². The van der Waals surface area contributed by atoms with E-state index in [9.17, 15) is 0 Å². The summed E-state index contributed by atoms with van der Waals surface area (Å²) in [6.07, 6.45) is 2.27. The fraction of sp³-hybridized carbons (Fsp3) is 0.625. The van der Waals surface area contributed by atoms with Crippen LogP contribution in [0.1, 0.15) is 44.2 Å². The predicted octanol–water partition coefficient (Wildman–Crippen LogP) is 3.12. The molecule has 0 fully saturated rings. The van der Waals surface area contributed by atoms with Crippen LogP contribution in [-0.2, 0) is 11.2 Å². The molecule has 2 heteroatoms. The third-order valence-corrected chi connectivity index (χ3v) is 4.02. The van der Waals surface area contributed by atoms with Gasteiger partial charge in [0.1, 0.15) is 0 Å². The van der Waals surface area contributed by atoms with Crippen molar-refractivity contribution in [3.63, 3.8) is 0 Å². The molecule has 0 bridgehead atoms. The molecule has 2 unspecified atom stereocenters. The Balaban J connectivity index is 1.77. The molecule has 0 aromatic heterocycles. The van der Waals surface area contributed by atoms with Gasteiger partial charge < -0.3 is 10.1 Å². The number of hydrogen-bond donors (Lipinski definition) is 1. The number of benzene rings is 1. The Labute approximate surface area is 111 Å². The SMILES string of the molecule is COC(C)(C)CC(C)NCC1Cc2ccccc21. The molecule has 0 aliphatic heterocycles. The van der Waals surface area contributed by atoms with Crippen LogP contribution < -0.4 is 5.32 Å². The summed E-state index contributed by atoms with van der Waals surface area (Å²) in [5.74, 6) is 0.703. The van der Waals surface area contributed by atoms with Crippen LogP contribution in [0.2, 0.25) is 0 Å². The molecule has 0 radical (unpaired) electrons. The van der Waals surface area contributed by atoms with Crippen molar-refractivity contribution < 1.29 is 4.74 Å². The highest BCUT2D eigenvalue weighted by atomic mass is 16.5. The van der Waals surface area contributed by atoms with Gasteiger partial charge in [-0.15, -0.1) is 0 Å². The fourth-order valence-corrected chi connectivity index (χ4v) is 2.78. The molecule has 18 heavy (non-hydrogen) atoms. The van der Waals surface area contributed by atoms with Crippen LogP contribution >= 0.6 is 0 Å². The summed E-state index contributed by atoms with van der Waals surface area (Å²) in [7, 11) is 1.79. The molecule has 0 amide bonds. The first-order valence-corrected chi connectivity index (χ1v) is 6.88. The number of nitrogens with one attached hydrogen (secondary N) is 1. The van der Waals surface area contributed by atoms with E-state index in [-0.39, 0.29) is 5.60 Å². The molecule has 2 atom stereocenters. The van der Waals surface area contributed by atoms with Crippen molar-refractivity contribution in [2.75, 3.05) is 13.7 Å². The number of hydrogen-bond acceptors (Lipinski definition) is 2. The summed E-state index contributed by atoms with van der Waals surface area (Å²) >= 11 is 0. The van der Waals surface area contributed by atoms with Gasteiger partial charge in [0.15, 0.2) is 0 Å². The highest BCUT2D eigenvalue weighted by Gasteiger charge is 2.26. The maximum atomic E-state index is 5.47. The van der Waals surface area contributed by atoms with Gasteiger partial charge in [-0.25, -0.2) is 0 Å². The highest BCUT2D eigenvalue weighted by Crippen LogP contribution is 2.34. The van der Waals surface area contributed by atoms with Gasteiger partial charge >= 0.3 is 0 Å². The van der Waals surface area contributed by atoms with Crippen LogP contribution in [0.15, 0.2) is 24.3 Å². The Morgan fingerprint density at radius 3 is 2.78 bits per heavy atom. The standard InChI is InChI=1S/C16H25NO/c1-12(10-16(2,3)18-4)17-11-14-9-13-7-5-6-8-15(13)14/h5-8,12,14,17H,9-11H2,1-4H3. The lowest BCUT2D eigenvalue weighted by Crippen LogP contribution is -2.39. The molecule has 1 aromatic carbocycles. The van der Waals surface area contributed by atoms with E-state index in [4.69, 9.17) is 4.74 Å². The molecule has 1 N–H and O–H groups in total. The van der Waals surface area contributed by atoms with E-state index in [1.165, 1.54) is 17.5 Å². The minimum atomic E-state index is -0.0378. The van der Waals surface area contributed by atoms with Crippen LogP contribution in [0, 0.1) is 0 Å². The van der Waals surface area contributed by atoms with Gasteiger partial charge in [0, 0.05) is 25.6 Å². The van der Waals surface area contributed by atoms with Crippen molar-refractivity contribution >= 4 is 0 Å². The zero-order valence-electron chi connectivity index (χ0n) is 12.0. The number of fused-ring (bicyclic) bond motifs is 1. The van der Waals surface area contributed by atoms with E-state index in [0.717, 1.165) is 13.0 Å². The summed E-state index contributed by atoms with van der Waals surface area (Å²) in [4.78, 5) is 0. The molecule has 1 aliphatic carbocycles. The summed E-state index contributed by atoms with van der Waals surface area (Å²) in [5, 5.41) is 3.64. The van der Waals surface area contributed by atoms with Crippen molar-refractivity contribution in [1.82, 2.24) is 5.32 Å². The maximum Gasteiger partial charge on any atom is 0.0637 e. The molecule has 100 valence electrons. The van der Waals surface area contributed by atoms with Gasteiger partial charge in [-0.3, -0.25) is 0 Å². The van der Waals surface area contributed by atoms with Crippen molar-refractivity contribution in [3.8, 4) is 0 Å². The normalized spacial score (nSPS) is 20.1. The smallest absolute Gasteiger partial charge is 0.0637 e. The van der Waals surface area contributed by atoms with E-state index in [1.807, 2.05) is 0 Å². The minimum Gasteiger partial charge on any atom is -0.379 e. The molecule has 0 saturated carbocycles. The number of rotatable bonds is 6. The fourth-order valence-electron chi connectivity index (χ4n) is 2.78. The Hall–Kier alpha value is -0.860. The van der Waals surface area contributed by atoms with Gasteiger partial charge in [0.05, 0.1) is 5.60 Å². The van der Waals surface area contributed by atoms with Gasteiger partial charge in [0.25, 0.3) is 0 Å². The third kappa shape index (κ3) is 3.12. The first-order valence-electron chi connectivity index (χ1n) is 6.88. The topological polar surface area (TPSA) is 21.3 Å². The van der Waals surface area contributed by atoms with Gasteiger partial charge in [-0.05, 0) is 44.7 Å². The monoisotopic (exact) mass is 247 g/mol. The van der Waals surface area contributed by atoms with E-state index >= 15 is 0 Å². The van der Waals surface area contributed by atoms with Gasteiger partial charge in [0.2, 0.25) is 0 Å². The number of methoxy groups -OCH3 is 1. The lowest BCUT2D eigenvalue weighted by molar-refractivity contribution is 0.00846. The number of ether oxygens (including phenoxy) is 1. The van der Waals surface area contributed by atoms with Crippen molar-refractivity contribution in [1.29, 1.82) is 0 Å². The predicted molar refractivity (Wildman–Crippen MR) is 76.1 cm³/mol. The molecule has 0 heterocycles. The van der Waals surface area contributed by atoms with Crippen molar-refractivity contribution in [2.45, 2.75) is 51.2 Å². The average Bonchev–Trinajstić information content (AvgIpc) is 2.30. The Morgan fingerprint density at radius 1 is 1.39 bits per heavy atom. The Kier molecular flexibility index (Phi) is 4.08. The molecule has 2 nitrogen and oxygen atoms in total. The third-order valence-electron chi connectivity index (χ3n) is 4.02. The van der Waals surface area contributed by atoms with Crippen molar-refractivity contribution in [3.05, 3.63) is 35.4 Å². The van der Waals surface area contributed by atoms with Crippen molar-refractivity contribution in [2.24, 2.45) is 0 Å². The molecule has 1 aliphatic rings. The molecule has 1 aromatic rings. The minimum absolute atomic E-state index is 0.0378. The lowest BCUT2D eigenvalue weighted by Gasteiger charge is -2.33. The molecular weight excluding hydrogens is 222 g/mol. The first kappa shape index (κ1) is 13.6. The largest absolute Gasteiger partial charge is 0.379 e. The Bertz CT molecular complexity index is 400. The second-order valence-corrected chi connectivity index (χ2v) is 6.08. The molecule has 0 spiro atoms. The van der Waals surface area contributed by atoms with Gasteiger partial charge in [-0.2, -0.15) is 0 Å². The van der Waals surface area contributed by atoms with Crippen LogP contribution in [-0.4, -0.2) is 25.3 Å². The van der Waals surface area contributed by atoms with Crippen LogP contribution in [0.4, 0.5) is 0 Å². The zero-order chi connectivity index (χ0) is 13.2. The van der Waals surface area contributed by atoms with E-state index in [1.54, 1.807) is 7.11 Å². The molecular formula is C16H25NO. The summed E-state index contributed by atoms with van der Waals surface area (Å²) < 4.78 is 5.47. The zero-order valence-corrected chi connectivity index (χ0v) is 12.0. The maximum absolute atomic E-state index is 5.47. The molecule has 0 saturated heterocycles. The van der Waals surface area contributed by atoms with Crippen LogP contribution in [0.25, 0.3) is 0 Å². The highest BCUT2D eigenvalue weighted by molar-refractivity contribution is 5.40. The first-order chi connectivity index (χ1) is 8.52. The second-order valence-electron chi connectivity index (χ2n) is 6.08. The Morgan fingerprint density at radius 2 is 2.11 bits per heavy atom. The van der Waals surface area contributed by atoms with E-state index < -0.39 is 0 Å². The average molecular weight is 247 g/mol. The summed E-state index contributed by atoms with van der Waals surface area (Å²) in [6.45, 7) is 7.61. The second kappa shape index (κ2) is 5.41. The quantitative estimate of drug-likeness (QED) is 0.834. The lowest BCUT2D eigenvalue weighted by atomic mass is 9.77. The molecule has 2 rings (SSSR count). The van der Waals surface area contributed by atoms with Crippen LogP contribution in [0.5, 0.6) is 0 Å². The van der Waals surface area contributed by atoms with Gasteiger partial charge in [-0.1, -0.05) is 24.3 Å². The summed E-state index contributed by atoms with van der Waals surface area (Å²) in [5.41, 5.74) is 3.02.